The van der Waals surface area contributed by atoms with Crippen LogP contribution in [-0.4, -0.2) is 13.1 Å². The zero-order valence-corrected chi connectivity index (χ0v) is 13.2. The molecule has 2 nitrogen and oxygen atoms in total. The lowest BCUT2D eigenvalue weighted by Gasteiger charge is -2.15. The van der Waals surface area contributed by atoms with E-state index in [0.29, 0.717) is 0 Å². The summed E-state index contributed by atoms with van der Waals surface area (Å²) in [5.74, 6) is -0.204. The van der Waals surface area contributed by atoms with Crippen LogP contribution in [0.4, 0.5) is 0 Å². The van der Waals surface area contributed by atoms with Gasteiger partial charge < -0.3 is 4.74 Å². The van der Waals surface area contributed by atoms with E-state index in [4.69, 9.17) is 4.74 Å². The van der Waals surface area contributed by atoms with Gasteiger partial charge in [-0.3, -0.25) is 0 Å². The number of hydrogen-bond acceptors (Lipinski definition) is 2. The molecule has 0 aromatic carbocycles. The van der Waals surface area contributed by atoms with Crippen LogP contribution in [0.2, 0.25) is 0 Å². The molecule has 0 saturated carbocycles. The predicted octanol–water partition coefficient (Wildman–Crippen LogP) is 5.34. The molecule has 0 aliphatic heterocycles. The fourth-order valence-electron chi connectivity index (χ4n) is 2.75. The average Bonchev–Trinajstić information content (AvgIpc) is 2.47. The van der Waals surface area contributed by atoms with Gasteiger partial charge in [-0.25, -0.2) is 4.79 Å². The third kappa shape index (κ3) is 7.52. The van der Waals surface area contributed by atoms with Gasteiger partial charge in [0.05, 0.1) is 7.11 Å². The molecule has 20 heavy (non-hydrogen) atoms. The Kier molecular flexibility index (Phi) is 9.10. The van der Waals surface area contributed by atoms with Crippen molar-refractivity contribution in [1.29, 1.82) is 0 Å². The molecule has 0 atom stereocenters. The van der Waals surface area contributed by atoms with Crippen molar-refractivity contribution in [3.8, 4) is 0 Å². The summed E-state index contributed by atoms with van der Waals surface area (Å²) in [7, 11) is 1.46. The van der Waals surface area contributed by atoms with Crippen molar-refractivity contribution >= 4 is 5.97 Å². The minimum atomic E-state index is -0.204. The topological polar surface area (TPSA) is 26.3 Å². The molecule has 1 rings (SSSR count). The van der Waals surface area contributed by atoms with Crippen molar-refractivity contribution in [2.75, 3.05) is 7.11 Å². The number of unbranched alkanes of at least 4 members (excludes halogenated alkanes) is 4. The smallest absolute Gasteiger partial charge is 0.330 e. The van der Waals surface area contributed by atoms with Crippen LogP contribution in [0.1, 0.15) is 77.6 Å². The number of ether oxygens (including phenoxy) is 1. The van der Waals surface area contributed by atoms with Gasteiger partial charge in [0.25, 0.3) is 0 Å². The van der Waals surface area contributed by atoms with Crippen LogP contribution in [0, 0.1) is 0 Å². The fraction of sp³-hybridized carbons (Fsp3) is 0.722. The van der Waals surface area contributed by atoms with Crippen LogP contribution in [0.25, 0.3) is 0 Å². The molecule has 0 radical (unpaired) electrons. The summed E-state index contributed by atoms with van der Waals surface area (Å²) in [5.41, 5.74) is 2.77. The van der Waals surface area contributed by atoms with Crippen molar-refractivity contribution in [2.45, 2.75) is 77.6 Å². The van der Waals surface area contributed by atoms with Crippen LogP contribution in [-0.2, 0) is 9.53 Å². The summed E-state index contributed by atoms with van der Waals surface area (Å²) in [6, 6.07) is 0. The molecule has 114 valence electrons. The molecule has 0 amide bonds. The molecule has 1 aliphatic rings. The largest absolute Gasteiger partial charge is 0.466 e. The Morgan fingerprint density at radius 2 is 2.05 bits per heavy atom. The number of carbonyl (C=O) groups excluding carboxylic acids is 1. The molecule has 0 N–H and O–H groups in total. The normalized spacial score (nSPS) is 15.9. The maximum absolute atomic E-state index is 11.5. The predicted molar refractivity (Wildman–Crippen MR) is 84.6 cm³/mol. The highest BCUT2D eigenvalue weighted by atomic mass is 16.5. The first kappa shape index (κ1) is 17.0. The standard InChI is InChI=1S/C18H30O2/c1-3-4-5-6-8-13-17(15-18(19)20-2)14-16-11-9-7-10-12-16/h11,15H,3-10,12-14H2,1-2H3/b17-15+. The summed E-state index contributed by atoms with van der Waals surface area (Å²) in [6.07, 6.45) is 17.5. The van der Waals surface area contributed by atoms with E-state index < -0.39 is 0 Å². The van der Waals surface area contributed by atoms with Crippen molar-refractivity contribution in [3.05, 3.63) is 23.3 Å². The maximum Gasteiger partial charge on any atom is 0.330 e. The fourth-order valence-corrected chi connectivity index (χ4v) is 2.75. The number of methoxy groups -OCH3 is 1. The molecule has 2 heteroatoms. The molecular weight excluding hydrogens is 248 g/mol. The molecule has 0 heterocycles. The molecule has 0 bridgehead atoms. The molecule has 0 aromatic rings. The number of allylic oxidation sites excluding steroid dienone is 3. The highest BCUT2D eigenvalue weighted by molar-refractivity contribution is 5.82. The van der Waals surface area contributed by atoms with Crippen molar-refractivity contribution in [1.82, 2.24) is 0 Å². The second-order valence-electron chi connectivity index (χ2n) is 5.77. The highest BCUT2D eigenvalue weighted by Gasteiger charge is 2.08. The SMILES string of the molecule is CCCCCCC/C(=C\C(=O)OC)CC1=CCCCC1. The average molecular weight is 278 g/mol. The zero-order valence-electron chi connectivity index (χ0n) is 13.2. The van der Waals surface area contributed by atoms with E-state index in [2.05, 4.69) is 13.0 Å². The monoisotopic (exact) mass is 278 g/mol. The van der Waals surface area contributed by atoms with Crippen LogP contribution in [0.5, 0.6) is 0 Å². The molecule has 0 spiro atoms. The maximum atomic E-state index is 11.5. The summed E-state index contributed by atoms with van der Waals surface area (Å²) < 4.78 is 4.78. The Morgan fingerprint density at radius 1 is 1.25 bits per heavy atom. The first-order valence-electron chi connectivity index (χ1n) is 8.21. The quantitative estimate of drug-likeness (QED) is 0.246. The Hall–Kier alpha value is -1.05. The van der Waals surface area contributed by atoms with Gasteiger partial charge in [0.1, 0.15) is 0 Å². The Labute approximate surface area is 124 Å². The number of rotatable bonds is 9. The lowest BCUT2D eigenvalue weighted by molar-refractivity contribution is -0.134. The highest BCUT2D eigenvalue weighted by Crippen LogP contribution is 2.26. The van der Waals surface area contributed by atoms with Gasteiger partial charge in [-0.1, -0.05) is 49.8 Å². The molecule has 0 unspecified atom stereocenters. The lowest BCUT2D eigenvalue weighted by atomic mass is 9.92. The summed E-state index contributed by atoms with van der Waals surface area (Å²) >= 11 is 0. The van der Waals surface area contributed by atoms with E-state index in [1.54, 1.807) is 6.08 Å². The van der Waals surface area contributed by atoms with Crippen LogP contribution < -0.4 is 0 Å². The van der Waals surface area contributed by atoms with Crippen molar-refractivity contribution in [3.63, 3.8) is 0 Å². The van der Waals surface area contributed by atoms with Crippen molar-refractivity contribution in [2.24, 2.45) is 0 Å². The number of esters is 1. The molecular formula is C18H30O2. The van der Waals surface area contributed by atoms with E-state index in [9.17, 15) is 4.79 Å². The molecule has 0 fully saturated rings. The Balaban J connectivity index is 2.45. The van der Waals surface area contributed by atoms with Gasteiger partial charge in [0, 0.05) is 6.08 Å². The first-order chi connectivity index (χ1) is 9.76. The van der Waals surface area contributed by atoms with Gasteiger partial charge in [-0.15, -0.1) is 0 Å². The lowest BCUT2D eigenvalue weighted by Crippen LogP contribution is -2.00. The van der Waals surface area contributed by atoms with E-state index >= 15 is 0 Å². The summed E-state index contributed by atoms with van der Waals surface area (Å²) in [6.45, 7) is 2.23. The second kappa shape index (κ2) is 10.7. The Morgan fingerprint density at radius 3 is 2.70 bits per heavy atom. The van der Waals surface area contributed by atoms with E-state index in [1.165, 1.54) is 76.0 Å². The van der Waals surface area contributed by atoms with Crippen molar-refractivity contribution < 1.29 is 9.53 Å². The second-order valence-corrected chi connectivity index (χ2v) is 5.77. The van der Waals surface area contributed by atoms with Gasteiger partial charge >= 0.3 is 5.97 Å². The van der Waals surface area contributed by atoms with Crippen LogP contribution in [0.15, 0.2) is 23.3 Å². The van der Waals surface area contributed by atoms with Gasteiger partial charge in [0.2, 0.25) is 0 Å². The van der Waals surface area contributed by atoms with Gasteiger partial charge in [0.15, 0.2) is 0 Å². The van der Waals surface area contributed by atoms with Gasteiger partial charge in [-0.2, -0.15) is 0 Å². The zero-order chi connectivity index (χ0) is 14.6. The number of hydrogen-bond donors (Lipinski definition) is 0. The first-order valence-corrected chi connectivity index (χ1v) is 8.21. The van der Waals surface area contributed by atoms with E-state index in [0.717, 1.165) is 12.8 Å². The van der Waals surface area contributed by atoms with E-state index in [-0.39, 0.29) is 5.97 Å². The Bertz CT molecular complexity index is 339. The minimum absolute atomic E-state index is 0.204. The summed E-state index contributed by atoms with van der Waals surface area (Å²) in [5, 5.41) is 0. The molecule has 1 aliphatic carbocycles. The third-order valence-corrected chi connectivity index (χ3v) is 3.96. The minimum Gasteiger partial charge on any atom is -0.466 e. The van der Waals surface area contributed by atoms with Gasteiger partial charge in [-0.05, 0) is 44.9 Å². The summed E-state index contributed by atoms with van der Waals surface area (Å²) in [4.78, 5) is 11.5. The molecule has 0 aromatic heterocycles. The van der Waals surface area contributed by atoms with Crippen LogP contribution >= 0.6 is 0 Å². The number of carbonyl (C=O) groups is 1. The molecule has 0 saturated heterocycles. The van der Waals surface area contributed by atoms with Crippen LogP contribution in [0.3, 0.4) is 0 Å². The third-order valence-electron chi connectivity index (χ3n) is 3.96. The van der Waals surface area contributed by atoms with E-state index in [1.807, 2.05) is 0 Å².